The minimum atomic E-state index is -4.01. The Morgan fingerprint density at radius 3 is 2.24 bits per heavy atom. The van der Waals surface area contributed by atoms with Gasteiger partial charge in [0.1, 0.15) is 10.7 Å². The lowest BCUT2D eigenvalue weighted by molar-refractivity contribution is 0.0643. The summed E-state index contributed by atoms with van der Waals surface area (Å²) in [5.41, 5.74) is 0.163. The molecule has 0 aliphatic carbocycles. The number of morpholine rings is 1. The number of amides is 1. The van der Waals surface area contributed by atoms with Crippen LogP contribution in [0.1, 0.15) is 38.1 Å². The van der Waals surface area contributed by atoms with Gasteiger partial charge in [0.05, 0.1) is 13.2 Å². The second-order valence-electron chi connectivity index (χ2n) is 6.56. The SMILES string of the molecule is CC(C)N(C(=O)c1ccc(F)c(S(=O)(=O)N2CCOCC2)c1)C(C)C. The highest BCUT2D eigenvalue weighted by atomic mass is 32.2. The van der Waals surface area contributed by atoms with E-state index in [2.05, 4.69) is 0 Å². The first-order valence-electron chi connectivity index (χ1n) is 8.36. The number of nitrogens with zero attached hydrogens (tertiary/aromatic N) is 2. The van der Waals surface area contributed by atoms with Gasteiger partial charge in [-0.25, -0.2) is 12.8 Å². The standard InChI is InChI=1S/C17H25FN2O4S/c1-12(2)20(13(3)4)17(21)14-5-6-15(18)16(11-14)25(22,23)19-7-9-24-10-8-19/h5-6,11-13H,7-10H2,1-4H3. The maximum absolute atomic E-state index is 14.2. The van der Waals surface area contributed by atoms with Crippen molar-refractivity contribution in [2.24, 2.45) is 0 Å². The van der Waals surface area contributed by atoms with Crippen molar-refractivity contribution in [1.29, 1.82) is 0 Å². The van der Waals surface area contributed by atoms with Gasteiger partial charge in [0.25, 0.3) is 5.91 Å². The lowest BCUT2D eigenvalue weighted by atomic mass is 10.1. The van der Waals surface area contributed by atoms with Crippen LogP contribution in [0.15, 0.2) is 23.1 Å². The highest BCUT2D eigenvalue weighted by Crippen LogP contribution is 2.23. The molecule has 1 fully saturated rings. The zero-order chi connectivity index (χ0) is 18.8. The Bertz CT molecular complexity index is 720. The van der Waals surface area contributed by atoms with Crippen LogP contribution in [0.3, 0.4) is 0 Å². The van der Waals surface area contributed by atoms with Gasteiger partial charge in [0.15, 0.2) is 0 Å². The largest absolute Gasteiger partial charge is 0.379 e. The summed E-state index contributed by atoms with van der Waals surface area (Å²) in [5, 5.41) is 0. The van der Waals surface area contributed by atoms with Gasteiger partial charge in [0, 0.05) is 30.7 Å². The Morgan fingerprint density at radius 2 is 1.72 bits per heavy atom. The molecule has 0 unspecified atom stereocenters. The number of carbonyl (C=O) groups is 1. The normalized spacial score (nSPS) is 16.4. The van der Waals surface area contributed by atoms with Gasteiger partial charge in [-0.2, -0.15) is 4.31 Å². The molecular weight excluding hydrogens is 347 g/mol. The fourth-order valence-electron chi connectivity index (χ4n) is 2.97. The second-order valence-corrected chi connectivity index (χ2v) is 8.47. The zero-order valence-corrected chi connectivity index (χ0v) is 15.8. The van der Waals surface area contributed by atoms with E-state index in [-0.39, 0.29) is 49.9 Å². The van der Waals surface area contributed by atoms with Gasteiger partial charge < -0.3 is 9.64 Å². The Labute approximate surface area is 148 Å². The third-order valence-electron chi connectivity index (χ3n) is 4.11. The molecule has 1 aromatic rings. The van der Waals surface area contributed by atoms with Crippen molar-refractivity contribution < 1.29 is 22.3 Å². The van der Waals surface area contributed by atoms with Crippen molar-refractivity contribution >= 4 is 15.9 Å². The van der Waals surface area contributed by atoms with E-state index in [0.29, 0.717) is 0 Å². The van der Waals surface area contributed by atoms with Gasteiger partial charge in [-0.15, -0.1) is 0 Å². The fourth-order valence-corrected chi connectivity index (χ4v) is 4.47. The summed E-state index contributed by atoms with van der Waals surface area (Å²) in [6, 6.07) is 3.39. The summed E-state index contributed by atoms with van der Waals surface area (Å²) in [6.07, 6.45) is 0. The first kappa shape index (κ1) is 19.8. The maximum atomic E-state index is 14.2. The zero-order valence-electron chi connectivity index (χ0n) is 15.0. The van der Waals surface area contributed by atoms with E-state index < -0.39 is 20.7 Å². The number of halogens is 1. The molecule has 25 heavy (non-hydrogen) atoms. The van der Waals surface area contributed by atoms with Crippen LogP contribution in [-0.4, -0.2) is 61.9 Å². The average Bonchev–Trinajstić information content (AvgIpc) is 2.55. The van der Waals surface area contributed by atoms with E-state index in [9.17, 15) is 17.6 Å². The molecule has 0 radical (unpaired) electrons. The first-order chi connectivity index (χ1) is 11.7. The number of benzene rings is 1. The summed E-state index contributed by atoms with van der Waals surface area (Å²) < 4.78 is 46.0. The van der Waals surface area contributed by atoms with Crippen LogP contribution in [0.25, 0.3) is 0 Å². The van der Waals surface area contributed by atoms with E-state index in [4.69, 9.17) is 4.74 Å². The van der Waals surface area contributed by atoms with Crippen molar-refractivity contribution in [3.63, 3.8) is 0 Å². The Balaban J connectivity index is 2.42. The van der Waals surface area contributed by atoms with Gasteiger partial charge >= 0.3 is 0 Å². The Kier molecular flexibility index (Phi) is 6.18. The summed E-state index contributed by atoms with van der Waals surface area (Å²) in [6.45, 7) is 8.41. The summed E-state index contributed by atoms with van der Waals surface area (Å²) >= 11 is 0. The molecule has 2 rings (SSSR count). The van der Waals surface area contributed by atoms with Gasteiger partial charge in [-0.05, 0) is 45.9 Å². The van der Waals surface area contributed by atoms with Gasteiger partial charge in [-0.3, -0.25) is 4.79 Å². The lowest BCUT2D eigenvalue weighted by Gasteiger charge is -2.31. The van der Waals surface area contributed by atoms with Crippen LogP contribution in [0.4, 0.5) is 4.39 Å². The molecule has 0 saturated carbocycles. The Hall–Kier alpha value is -1.51. The van der Waals surface area contributed by atoms with Crippen LogP contribution in [0, 0.1) is 5.82 Å². The molecule has 8 heteroatoms. The van der Waals surface area contributed by atoms with E-state index in [1.54, 1.807) is 4.90 Å². The molecule has 6 nitrogen and oxygen atoms in total. The summed E-state index contributed by atoms with van der Waals surface area (Å²) in [4.78, 5) is 13.9. The Morgan fingerprint density at radius 1 is 1.16 bits per heavy atom. The van der Waals surface area contributed by atoms with Crippen LogP contribution < -0.4 is 0 Å². The topological polar surface area (TPSA) is 66.9 Å². The second kappa shape index (κ2) is 7.80. The number of sulfonamides is 1. The molecule has 1 aliphatic heterocycles. The quantitative estimate of drug-likeness (QED) is 0.794. The van der Waals surface area contributed by atoms with Gasteiger partial charge in [0.2, 0.25) is 10.0 Å². The van der Waals surface area contributed by atoms with Gasteiger partial charge in [-0.1, -0.05) is 0 Å². The van der Waals surface area contributed by atoms with E-state index in [1.807, 2.05) is 27.7 Å². The first-order valence-corrected chi connectivity index (χ1v) is 9.80. The molecule has 1 saturated heterocycles. The highest BCUT2D eigenvalue weighted by Gasteiger charge is 2.31. The highest BCUT2D eigenvalue weighted by molar-refractivity contribution is 7.89. The molecule has 0 bridgehead atoms. The number of hydrogen-bond acceptors (Lipinski definition) is 4. The number of hydrogen-bond donors (Lipinski definition) is 0. The molecule has 1 heterocycles. The minimum Gasteiger partial charge on any atom is -0.379 e. The maximum Gasteiger partial charge on any atom is 0.254 e. The van der Waals surface area contributed by atoms with E-state index >= 15 is 0 Å². The molecule has 0 N–H and O–H groups in total. The third kappa shape index (κ3) is 4.19. The molecule has 1 aromatic carbocycles. The monoisotopic (exact) mass is 372 g/mol. The fraction of sp³-hybridized carbons (Fsp3) is 0.588. The van der Waals surface area contributed by atoms with Crippen LogP contribution >= 0.6 is 0 Å². The number of rotatable bonds is 5. The van der Waals surface area contributed by atoms with Crippen molar-refractivity contribution in [2.45, 2.75) is 44.7 Å². The van der Waals surface area contributed by atoms with Crippen molar-refractivity contribution in [3.05, 3.63) is 29.6 Å². The third-order valence-corrected chi connectivity index (χ3v) is 6.03. The van der Waals surface area contributed by atoms with Crippen molar-refractivity contribution in [3.8, 4) is 0 Å². The lowest BCUT2D eigenvalue weighted by Crippen LogP contribution is -2.42. The molecule has 1 aliphatic rings. The predicted octanol–water partition coefficient (Wildman–Crippen LogP) is 2.11. The molecule has 0 atom stereocenters. The number of carbonyl (C=O) groups excluding carboxylic acids is 1. The molecule has 1 amide bonds. The smallest absolute Gasteiger partial charge is 0.254 e. The molecule has 0 spiro atoms. The van der Waals surface area contributed by atoms with Crippen LogP contribution in [0.2, 0.25) is 0 Å². The molecule has 140 valence electrons. The predicted molar refractivity (Wildman–Crippen MR) is 92.4 cm³/mol. The summed E-state index contributed by atoms with van der Waals surface area (Å²) in [7, 11) is -4.01. The van der Waals surface area contributed by atoms with E-state index in [0.717, 1.165) is 12.1 Å². The summed E-state index contributed by atoms with van der Waals surface area (Å²) in [5.74, 6) is -1.17. The molecule has 0 aromatic heterocycles. The van der Waals surface area contributed by atoms with E-state index in [1.165, 1.54) is 10.4 Å². The van der Waals surface area contributed by atoms with Crippen LogP contribution in [0.5, 0.6) is 0 Å². The van der Waals surface area contributed by atoms with Crippen molar-refractivity contribution in [2.75, 3.05) is 26.3 Å². The number of ether oxygens (including phenoxy) is 1. The molecular formula is C17H25FN2O4S. The van der Waals surface area contributed by atoms with Crippen LogP contribution in [-0.2, 0) is 14.8 Å². The average molecular weight is 372 g/mol. The van der Waals surface area contributed by atoms with Crippen molar-refractivity contribution in [1.82, 2.24) is 9.21 Å². The minimum absolute atomic E-state index is 0.0585.